The lowest BCUT2D eigenvalue weighted by Gasteiger charge is -2.16. The van der Waals surface area contributed by atoms with Crippen LogP contribution in [0.1, 0.15) is 29.3 Å². The number of halogens is 4. The first-order chi connectivity index (χ1) is 12.3. The van der Waals surface area contributed by atoms with Crippen molar-refractivity contribution in [3.63, 3.8) is 0 Å². The van der Waals surface area contributed by atoms with E-state index in [2.05, 4.69) is 10.4 Å². The van der Waals surface area contributed by atoms with Crippen molar-refractivity contribution in [2.45, 2.75) is 31.1 Å². The predicted molar refractivity (Wildman–Crippen MR) is 87.7 cm³/mol. The molecule has 0 bridgehead atoms. The number of carbonyl (C=O) groups excluding carboxylic acids is 1. The molecule has 3 rings (SSSR count). The molecule has 26 heavy (non-hydrogen) atoms. The third-order valence-corrected chi connectivity index (χ3v) is 4.37. The van der Waals surface area contributed by atoms with Crippen molar-refractivity contribution in [2.24, 2.45) is 5.73 Å². The van der Waals surface area contributed by atoms with Gasteiger partial charge in [0, 0.05) is 16.1 Å². The Morgan fingerprint density at radius 1 is 1.50 bits per heavy atom. The van der Waals surface area contributed by atoms with Crippen molar-refractivity contribution in [1.29, 1.82) is 0 Å². The van der Waals surface area contributed by atoms with E-state index < -0.39 is 29.9 Å². The standard InChI is InChI=1S/C16H16ClF3N4O2/c17-9-2-4-13-10(5-9)12(7-26-13)23-15(25)11(21)3-1-8-6-22-24-14(8)16(18,19)20/h2,4-6,11-12H,1,3,7,21H2,(H,22,24)(H,23,25). The van der Waals surface area contributed by atoms with Gasteiger partial charge < -0.3 is 15.8 Å². The zero-order valence-corrected chi connectivity index (χ0v) is 14.2. The zero-order valence-electron chi connectivity index (χ0n) is 13.4. The number of aryl methyl sites for hydroxylation is 1. The maximum atomic E-state index is 12.8. The number of hydrogen-bond donors (Lipinski definition) is 3. The average molecular weight is 389 g/mol. The highest BCUT2D eigenvalue weighted by molar-refractivity contribution is 6.30. The summed E-state index contributed by atoms with van der Waals surface area (Å²) in [6, 6.07) is 3.72. The van der Waals surface area contributed by atoms with E-state index in [0.29, 0.717) is 10.8 Å². The minimum atomic E-state index is -4.53. The number of fused-ring (bicyclic) bond motifs is 1. The van der Waals surface area contributed by atoms with Gasteiger partial charge in [-0.25, -0.2) is 0 Å². The van der Waals surface area contributed by atoms with Gasteiger partial charge in [-0.05, 0) is 31.0 Å². The normalized spacial score (nSPS) is 17.5. The average Bonchev–Trinajstić information content (AvgIpc) is 3.19. The lowest BCUT2D eigenvalue weighted by molar-refractivity contribution is -0.141. The number of aromatic nitrogens is 2. The van der Waals surface area contributed by atoms with E-state index >= 15 is 0 Å². The molecule has 2 aromatic rings. The molecule has 2 atom stereocenters. The fourth-order valence-electron chi connectivity index (χ4n) is 2.77. The maximum absolute atomic E-state index is 12.8. The van der Waals surface area contributed by atoms with Gasteiger partial charge in [0.25, 0.3) is 0 Å². The molecule has 1 amide bonds. The molecule has 140 valence electrons. The number of nitrogens with one attached hydrogen (secondary N) is 2. The van der Waals surface area contributed by atoms with E-state index in [-0.39, 0.29) is 25.0 Å². The molecule has 6 nitrogen and oxygen atoms in total. The minimum absolute atomic E-state index is 0.0243. The first-order valence-electron chi connectivity index (χ1n) is 7.83. The molecular formula is C16H16ClF3N4O2. The number of benzene rings is 1. The quantitative estimate of drug-likeness (QED) is 0.734. The van der Waals surface area contributed by atoms with Gasteiger partial charge in [0.15, 0.2) is 0 Å². The lowest BCUT2D eigenvalue weighted by atomic mass is 10.0. The Kier molecular flexibility index (Phi) is 5.10. The van der Waals surface area contributed by atoms with Crippen LogP contribution in [0, 0.1) is 0 Å². The Bertz CT molecular complexity index is 809. The van der Waals surface area contributed by atoms with Crippen LogP contribution in [-0.4, -0.2) is 28.8 Å². The Morgan fingerprint density at radius 2 is 2.27 bits per heavy atom. The van der Waals surface area contributed by atoms with Crippen LogP contribution < -0.4 is 15.8 Å². The Hall–Kier alpha value is -2.26. The van der Waals surface area contributed by atoms with E-state index in [1.165, 1.54) is 0 Å². The highest BCUT2D eigenvalue weighted by atomic mass is 35.5. The van der Waals surface area contributed by atoms with Crippen LogP contribution >= 0.6 is 11.6 Å². The smallest absolute Gasteiger partial charge is 0.433 e. The highest BCUT2D eigenvalue weighted by Crippen LogP contribution is 2.34. The molecule has 2 heterocycles. The van der Waals surface area contributed by atoms with Crippen molar-refractivity contribution in [1.82, 2.24) is 15.5 Å². The number of amides is 1. The summed E-state index contributed by atoms with van der Waals surface area (Å²) in [5.74, 6) is 0.157. The third kappa shape index (κ3) is 3.94. The molecule has 1 aliphatic rings. The summed E-state index contributed by atoms with van der Waals surface area (Å²) in [4.78, 5) is 12.3. The molecular weight excluding hydrogens is 373 g/mol. The summed E-state index contributed by atoms with van der Waals surface area (Å²) in [6.07, 6.45) is -3.41. The molecule has 0 aliphatic carbocycles. The number of H-pyrrole nitrogens is 1. The second-order valence-electron chi connectivity index (χ2n) is 5.97. The second kappa shape index (κ2) is 7.16. The van der Waals surface area contributed by atoms with Gasteiger partial charge in [-0.3, -0.25) is 9.89 Å². The molecule has 0 fully saturated rings. The molecule has 1 aromatic carbocycles. The number of hydrogen-bond acceptors (Lipinski definition) is 4. The predicted octanol–water partition coefficient (Wildman–Crippen LogP) is 2.59. The second-order valence-corrected chi connectivity index (χ2v) is 6.40. The van der Waals surface area contributed by atoms with Crippen molar-refractivity contribution in [3.8, 4) is 5.75 Å². The number of ether oxygens (including phenoxy) is 1. The Balaban J connectivity index is 1.58. The van der Waals surface area contributed by atoms with Crippen LogP contribution in [0.15, 0.2) is 24.4 Å². The van der Waals surface area contributed by atoms with Gasteiger partial charge >= 0.3 is 6.18 Å². The third-order valence-electron chi connectivity index (χ3n) is 4.13. The number of rotatable bonds is 5. The van der Waals surface area contributed by atoms with Crippen molar-refractivity contribution >= 4 is 17.5 Å². The van der Waals surface area contributed by atoms with Crippen LogP contribution in [0.3, 0.4) is 0 Å². The zero-order chi connectivity index (χ0) is 18.9. The molecule has 4 N–H and O–H groups in total. The van der Waals surface area contributed by atoms with E-state index in [0.717, 1.165) is 11.8 Å². The molecule has 0 radical (unpaired) electrons. The summed E-state index contributed by atoms with van der Waals surface area (Å²) >= 11 is 5.95. The fraction of sp³-hybridized carbons (Fsp3) is 0.375. The molecule has 10 heteroatoms. The summed E-state index contributed by atoms with van der Waals surface area (Å²) in [6.45, 7) is 0.244. The van der Waals surface area contributed by atoms with E-state index in [1.807, 2.05) is 5.10 Å². The summed E-state index contributed by atoms with van der Waals surface area (Å²) < 4.78 is 43.9. The monoisotopic (exact) mass is 388 g/mol. The van der Waals surface area contributed by atoms with Crippen LogP contribution in [0.2, 0.25) is 5.02 Å². The first kappa shape index (κ1) is 18.5. The van der Waals surface area contributed by atoms with E-state index in [9.17, 15) is 18.0 Å². The molecule has 0 spiro atoms. The lowest BCUT2D eigenvalue weighted by Crippen LogP contribution is -2.43. The van der Waals surface area contributed by atoms with Crippen molar-refractivity contribution in [3.05, 3.63) is 46.2 Å². The molecule has 1 aromatic heterocycles. The van der Waals surface area contributed by atoms with E-state index in [4.69, 9.17) is 22.1 Å². The van der Waals surface area contributed by atoms with Gasteiger partial charge in [-0.2, -0.15) is 18.3 Å². The molecule has 2 unspecified atom stereocenters. The van der Waals surface area contributed by atoms with Gasteiger partial charge in [-0.1, -0.05) is 11.6 Å². The highest BCUT2D eigenvalue weighted by Gasteiger charge is 2.35. The van der Waals surface area contributed by atoms with E-state index in [1.54, 1.807) is 18.2 Å². The summed E-state index contributed by atoms with van der Waals surface area (Å²) in [5.41, 5.74) is 5.63. The van der Waals surface area contributed by atoms with Gasteiger partial charge in [0.2, 0.25) is 5.91 Å². The number of nitrogens with two attached hydrogens (primary N) is 1. The Morgan fingerprint density at radius 3 is 3.00 bits per heavy atom. The SMILES string of the molecule is NC(CCc1cn[nH]c1C(F)(F)F)C(=O)NC1COc2ccc(Cl)cc21. The topological polar surface area (TPSA) is 93.0 Å². The van der Waals surface area contributed by atoms with Gasteiger partial charge in [0.1, 0.15) is 18.1 Å². The van der Waals surface area contributed by atoms with Crippen molar-refractivity contribution in [2.75, 3.05) is 6.61 Å². The molecule has 0 saturated carbocycles. The number of alkyl halides is 3. The number of aromatic amines is 1. The fourth-order valence-corrected chi connectivity index (χ4v) is 2.95. The van der Waals surface area contributed by atoms with Crippen LogP contribution in [0.25, 0.3) is 0 Å². The Labute approximate surface area is 151 Å². The van der Waals surface area contributed by atoms with Gasteiger partial charge in [-0.15, -0.1) is 0 Å². The van der Waals surface area contributed by atoms with Gasteiger partial charge in [0.05, 0.1) is 18.3 Å². The number of nitrogens with zero attached hydrogens (tertiary/aromatic N) is 1. The maximum Gasteiger partial charge on any atom is 0.433 e. The van der Waals surface area contributed by atoms with Crippen LogP contribution in [-0.2, 0) is 17.4 Å². The minimum Gasteiger partial charge on any atom is -0.491 e. The van der Waals surface area contributed by atoms with Crippen LogP contribution in [0.5, 0.6) is 5.75 Å². The molecule has 1 aliphatic heterocycles. The summed E-state index contributed by atoms with van der Waals surface area (Å²) in [7, 11) is 0. The molecule has 0 saturated heterocycles. The van der Waals surface area contributed by atoms with Crippen LogP contribution in [0.4, 0.5) is 13.2 Å². The van der Waals surface area contributed by atoms with Crippen molar-refractivity contribution < 1.29 is 22.7 Å². The first-order valence-corrected chi connectivity index (χ1v) is 8.21. The number of carbonyl (C=O) groups is 1. The largest absolute Gasteiger partial charge is 0.491 e. The summed E-state index contributed by atoms with van der Waals surface area (Å²) in [5, 5.41) is 8.60.